The third-order valence-electron chi connectivity index (χ3n) is 9.35. The largest absolute Gasteiger partial charge is 0.474 e. The van der Waals surface area contributed by atoms with Crippen LogP contribution < -0.4 is 4.74 Å². The summed E-state index contributed by atoms with van der Waals surface area (Å²) >= 11 is 0. The number of hydrogen-bond donors (Lipinski definition) is 2. The molecule has 6 heterocycles. The third kappa shape index (κ3) is 5.99. The number of H-pyrrole nitrogens is 1. The van der Waals surface area contributed by atoms with Gasteiger partial charge in [-0.2, -0.15) is 23.5 Å². The first-order valence-corrected chi connectivity index (χ1v) is 15.3. The van der Waals surface area contributed by atoms with Gasteiger partial charge in [0, 0.05) is 68.2 Å². The van der Waals surface area contributed by atoms with E-state index in [-0.39, 0.29) is 12.0 Å². The van der Waals surface area contributed by atoms with Crippen molar-refractivity contribution in [2.75, 3.05) is 26.2 Å². The zero-order chi connectivity index (χ0) is 31.2. The van der Waals surface area contributed by atoms with Gasteiger partial charge in [-0.15, -0.1) is 0 Å². The summed E-state index contributed by atoms with van der Waals surface area (Å²) in [5.41, 5.74) is 1.47. The van der Waals surface area contributed by atoms with Gasteiger partial charge < -0.3 is 14.8 Å². The fourth-order valence-corrected chi connectivity index (χ4v) is 7.03. The second-order valence-corrected chi connectivity index (χ2v) is 12.5. The maximum absolute atomic E-state index is 13.7. The zero-order valence-corrected chi connectivity index (χ0v) is 24.6. The molecule has 3 aliphatic rings. The normalized spacial score (nSPS) is 24.0. The van der Waals surface area contributed by atoms with E-state index in [1.807, 2.05) is 28.0 Å². The first kappa shape index (κ1) is 29.6. The standard InChI is InChI=1S/C31H34F3N9O2/c32-31(33,34)26-11-20(14-41-10-6-23(44)16-41)12-27(40-26)45-24-3-1-22(2-4-24)42-17-30(18-42,7-8-35)43-15-21(13-39-43)28-25-5-9-36-29(25)38-19-37-28/h5,9,11-13,15,19,22-24,44H,1-4,6-7,10,14,16-18H2,(H,36,37,38)/t22?,23-,24?/m1/s1. The number of likely N-dealkylation sites (tertiary alicyclic amines) is 2. The average molecular weight is 622 g/mol. The van der Waals surface area contributed by atoms with Crippen molar-refractivity contribution in [1.29, 1.82) is 5.26 Å². The molecule has 0 spiro atoms. The number of aliphatic hydroxyl groups excluding tert-OH is 1. The molecule has 1 atom stereocenters. The topological polar surface area (TPSA) is 132 Å². The molecule has 0 aromatic carbocycles. The Balaban J connectivity index is 0.982. The highest BCUT2D eigenvalue weighted by atomic mass is 19.4. The van der Waals surface area contributed by atoms with Gasteiger partial charge in [-0.25, -0.2) is 15.0 Å². The number of aliphatic hydroxyl groups is 1. The Labute approximate surface area is 257 Å². The maximum atomic E-state index is 13.7. The van der Waals surface area contributed by atoms with Gasteiger partial charge >= 0.3 is 6.18 Å². The predicted octanol–water partition coefficient (Wildman–Crippen LogP) is 4.12. The van der Waals surface area contributed by atoms with Gasteiger partial charge in [0.15, 0.2) is 0 Å². The Kier molecular flexibility index (Phi) is 7.71. The molecule has 3 fully saturated rings. The number of aromatic amines is 1. The van der Waals surface area contributed by atoms with E-state index in [2.05, 4.69) is 36.0 Å². The first-order chi connectivity index (χ1) is 21.7. The minimum Gasteiger partial charge on any atom is -0.474 e. The summed E-state index contributed by atoms with van der Waals surface area (Å²) in [6.07, 6.45) is 5.82. The summed E-state index contributed by atoms with van der Waals surface area (Å²) in [6.45, 7) is 2.75. The lowest BCUT2D eigenvalue weighted by atomic mass is 9.82. The van der Waals surface area contributed by atoms with Crippen molar-refractivity contribution < 1.29 is 23.0 Å². The molecular weight excluding hydrogens is 587 g/mol. The minimum absolute atomic E-state index is 0.00454. The second-order valence-electron chi connectivity index (χ2n) is 12.5. The number of alkyl halides is 3. The van der Waals surface area contributed by atoms with Crippen molar-refractivity contribution in [3.8, 4) is 23.2 Å². The number of ether oxygens (including phenoxy) is 1. The van der Waals surface area contributed by atoms with E-state index in [0.717, 1.165) is 41.2 Å². The molecule has 4 aromatic heterocycles. The Morgan fingerprint density at radius 2 is 1.96 bits per heavy atom. The predicted molar refractivity (Wildman–Crippen MR) is 157 cm³/mol. The van der Waals surface area contributed by atoms with Gasteiger partial charge in [-0.05, 0) is 49.8 Å². The Hall–Kier alpha value is -4.06. The molecule has 2 aliphatic heterocycles. The molecule has 14 heteroatoms. The number of pyridine rings is 1. The Morgan fingerprint density at radius 1 is 1.13 bits per heavy atom. The molecule has 4 aromatic rings. The van der Waals surface area contributed by atoms with Gasteiger partial charge in [0.1, 0.15) is 29.3 Å². The number of nitrogens with one attached hydrogen (secondary N) is 1. The molecule has 0 radical (unpaired) electrons. The Morgan fingerprint density at radius 3 is 2.69 bits per heavy atom. The smallest absolute Gasteiger partial charge is 0.433 e. The van der Waals surface area contributed by atoms with Crippen LogP contribution in [0.25, 0.3) is 22.3 Å². The molecule has 45 heavy (non-hydrogen) atoms. The summed E-state index contributed by atoms with van der Waals surface area (Å²) in [4.78, 5) is 19.9. The van der Waals surface area contributed by atoms with E-state index >= 15 is 0 Å². The molecule has 0 bridgehead atoms. The Bertz CT molecular complexity index is 1700. The van der Waals surface area contributed by atoms with Crippen LogP contribution in [-0.4, -0.2) is 89.1 Å². The van der Waals surface area contributed by atoms with Crippen LogP contribution in [0.1, 0.15) is 49.8 Å². The van der Waals surface area contributed by atoms with Crippen LogP contribution in [0.2, 0.25) is 0 Å². The van der Waals surface area contributed by atoms with Crippen molar-refractivity contribution in [1.82, 2.24) is 39.5 Å². The first-order valence-electron chi connectivity index (χ1n) is 15.3. The summed E-state index contributed by atoms with van der Waals surface area (Å²) in [7, 11) is 0. The highest BCUT2D eigenvalue weighted by Crippen LogP contribution is 2.39. The molecule has 1 saturated carbocycles. The van der Waals surface area contributed by atoms with Crippen LogP contribution in [0.3, 0.4) is 0 Å². The summed E-state index contributed by atoms with van der Waals surface area (Å²) in [5.74, 6) is -0.00454. The summed E-state index contributed by atoms with van der Waals surface area (Å²) < 4.78 is 48.9. The van der Waals surface area contributed by atoms with Crippen LogP contribution in [-0.2, 0) is 18.3 Å². The zero-order valence-electron chi connectivity index (χ0n) is 24.6. The van der Waals surface area contributed by atoms with Crippen LogP contribution in [0.5, 0.6) is 5.88 Å². The lowest BCUT2D eigenvalue weighted by Crippen LogP contribution is -2.65. The number of rotatable bonds is 8. The molecule has 2 N–H and O–H groups in total. The SMILES string of the molecule is N#CCC1(n2cc(-c3ncnc4[nH]ccc34)cn2)CN(C2CCC(Oc3cc(CN4CC[C@@H](O)C4)cc(C(F)(F)F)n3)CC2)C1. The van der Waals surface area contributed by atoms with Crippen LogP contribution in [0.4, 0.5) is 13.2 Å². The number of aromatic nitrogens is 6. The van der Waals surface area contributed by atoms with Gasteiger partial charge in [-0.1, -0.05) is 0 Å². The number of hydrogen-bond acceptors (Lipinski definition) is 9. The van der Waals surface area contributed by atoms with E-state index in [1.165, 1.54) is 6.33 Å². The monoisotopic (exact) mass is 621 g/mol. The molecule has 236 valence electrons. The van der Waals surface area contributed by atoms with Crippen LogP contribution in [0.15, 0.2) is 43.1 Å². The van der Waals surface area contributed by atoms with Crippen molar-refractivity contribution >= 4 is 11.0 Å². The fraction of sp³-hybridized carbons (Fsp3) is 0.516. The van der Waals surface area contributed by atoms with E-state index in [4.69, 9.17) is 4.74 Å². The highest BCUT2D eigenvalue weighted by molar-refractivity contribution is 5.90. The lowest BCUT2D eigenvalue weighted by molar-refractivity contribution is -0.141. The fourth-order valence-electron chi connectivity index (χ4n) is 7.03. The number of nitrogens with zero attached hydrogens (tertiary/aromatic N) is 8. The van der Waals surface area contributed by atoms with Gasteiger partial charge in [0.2, 0.25) is 5.88 Å². The van der Waals surface area contributed by atoms with E-state index in [1.54, 1.807) is 12.3 Å². The number of halogens is 3. The van der Waals surface area contributed by atoms with E-state index < -0.39 is 23.5 Å². The van der Waals surface area contributed by atoms with Crippen molar-refractivity contribution in [2.24, 2.45) is 0 Å². The van der Waals surface area contributed by atoms with Gasteiger partial charge in [0.25, 0.3) is 0 Å². The third-order valence-corrected chi connectivity index (χ3v) is 9.35. The van der Waals surface area contributed by atoms with Gasteiger partial charge in [-0.3, -0.25) is 14.5 Å². The lowest BCUT2D eigenvalue weighted by Gasteiger charge is -2.53. The molecular formula is C31H34F3N9O2. The average Bonchev–Trinajstić information content (AvgIpc) is 3.76. The van der Waals surface area contributed by atoms with Crippen LogP contribution in [0, 0.1) is 11.3 Å². The molecule has 11 nitrogen and oxygen atoms in total. The molecule has 0 unspecified atom stereocenters. The number of fused-ring (bicyclic) bond motifs is 1. The minimum atomic E-state index is -4.58. The van der Waals surface area contributed by atoms with Crippen molar-refractivity contribution in [3.05, 3.63) is 54.4 Å². The van der Waals surface area contributed by atoms with E-state index in [0.29, 0.717) is 70.0 Å². The van der Waals surface area contributed by atoms with Crippen molar-refractivity contribution in [2.45, 2.75) is 75.0 Å². The summed E-state index contributed by atoms with van der Waals surface area (Å²) in [6, 6.07) is 7.24. The van der Waals surface area contributed by atoms with Crippen LogP contribution >= 0.6 is 0 Å². The maximum Gasteiger partial charge on any atom is 0.433 e. The molecule has 7 rings (SSSR count). The quantitative estimate of drug-likeness (QED) is 0.298. The molecule has 2 saturated heterocycles. The number of β-amino-alcohol motifs (C(OH)–C–C–N with tert-alkyl or cyclic N) is 1. The highest BCUT2D eigenvalue weighted by Gasteiger charge is 2.48. The number of nitriles is 1. The second kappa shape index (κ2) is 11.7. The molecule has 1 aliphatic carbocycles. The van der Waals surface area contributed by atoms with Crippen molar-refractivity contribution in [3.63, 3.8) is 0 Å². The molecule has 0 amide bonds. The summed E-state index contributed by atoms with van der Waals surface area (Å²) in [5, 5.41) is 25.0. The van der Waals surface area contributed by atoms with Gasteiger partial charge in [0.05, 0.1) is 30.5 Å². The van der Waals surface area contributed by atoms with E-state index in [9.17, 15) is 23.5 Å².